The largest absolute Gasteiger partial charge is 0.310 e. The van der Waals surface area contributed by atoms with Crippen LogP contribution >= 0.6 is 15.9 Å². The van der Waals surface area contributed by atoms with Gasteiger partial charge in [0.05, 0.1) is 16.4 Å². The van der Waals surface area contributed by atoms with Crippen molar-refractivity contribution in [1.82, 2.24) is 15.1 Å². The van der Waals surface area contributed by atoms with Gasteiger partial charge in [0.15, 0.2) is 0 Å². The molecule has 18 heavy (non-hydrogen) atoms. The minimum Gasteiger partial charge on any atom is -0.310 e. The number of rotatable bonds is 4. The van der Waals surface area contributed by atoms with Crippen molar-refractivity contribution < 1.29 is 4.39 Å². The maximum Gasteiger partial charge on any atom is 0.123 e. The van der Waals surface area contributed by atoms with E-state index in [9.17, 15) is 4.39 Å². The maximum absolute atomic E-state index is 13.3. The Morgan fingerprint density at radius 1 is 1.44 bits per heavy atom. The third kappa shape index (κ3) is 2.62. The van der Waals surface area contributed by atoms with Gasteiger partial charge in [-0.2, -0.15) is 5.10 Å². The molecule has 1 aliphatic rings. The van der Waals surface area contributed by atoms with Gasteiger partial charge in [-0.25, -0.2) is 9.07 Å². The monoisotopic (exact) mass is 309 g/mol. The lowest BCUT2D eigenvalue weighted by Crippen LogP contribution is -2.17. The lowest BCUT2D eigenvalue weighted by atomic mass is 10.1. The first kappa shape index (κ1) is 11.9. The number of nitrogens with one attached hydrogen (secondary N) is 1. The Kier molecular flexibility index (Phi) is 3.18. The van der Waals surface area contributed by atoms with Crippen LogP contribution in [0.25, 0.3) is 5.69 Å². The Hall–Kier alpha value is -1.20. The molecular weight excluding hydrogens is 297 g/mol. The first-order valence-electron chi connectivity index (χ1n) is 5.95. The first-order chi connectivity index (χ1) is 8.72. The molecule has 1 fully saturated rings. The molecule has 0 bridgehead atoms. The molecule has 3 rings (SSSR count). The number of aromatic nitrogens is 2. The summed E-state index contributed by atoms with van der Waals surface area (Å²) in [5.74, 6) is -0.211. The number of hydrogen-bond donors (Lipinski definition) is 1. The van der Waals surface area contributed by atoms with E-state index in [2.05, 4.69) is 26.3 Å². The van der Waals surface area contributed by atoms with Crippen molar-refractivity contribution in [1.29, 1.82) is 0 Å². The lowest BCUT2D eigenvalue weighted by Gasteiger charge is -2.10. The van der Waals surface area contributed by atoms with Gasteiger partial charge in [-0.15, -0.1) is 0 Å². The van der Waals surface area contributed by atoms with Crippen LogP contribution in [0.2, 0.25) is 0 Å². The Morgan fingerprint density at radius 3 is 2.94 bits per heavy atom. The van der Waals surface area contributed by atoms with E-state index < -0.39 is 0 Å². The molecule has 0 spiro atoms. The van der Waals surface area contributed by atoms with Crippen LogP contribution in [-0.2, 0) is 6.54 Å². The second-order valence-corrected chi connectivity index (χ2v) is 5.45. The highest BCUT2D eigenvalue weighted by molar-refractivity contribution is 9.10. The number of benzene rings is 1. The molecule has 1 aromatic heterocycles. The second-order valence-electron chi connectivity index (χ2n) is 4.53. The summed E-state index contributed by atoms with van der Waals surface area (Å²) in [7, 11) is 0. The minimum absolute atomic E-state index is 0.211. The van der Waals surface area contributed by atoms with Crippen molar-refractivity contribution >= 4 is 15.9 Å². The third-order valence-corrected chi connectivity index (χ3v) is 3.41. The van der Waals surface area contributed by atoms with E-state index in [1.165, 1.54) is 18.9 Å². The van der Waals surface area contributed by atoms with Gasteiger partial charge in [0.25, 0.3) is 0 Å². The van der Waals surface area contributed by atoms with Crippen molar-refractivity contribution in [2.24, 2.45) is 0 Å². The van der Waals surface area contributed by atoms with Crippen LogP contribution < -0.4 is 5.32 Å². The van der Waals surface area contributed by atoms with Crippen molar-refractivity contribution in [2.45, 2.75) is 25.4 Å². The molecule has 1 aromatic carbocycles. The third-order valence-electron chi connectivity index (χ3n) is 3.00. The molecule has 1 N–H and O–H groups in total. The van der Waals surface area contributed by atoms with Gasteiger partial charge in [-0.3, -0.25) is 0 Å². The summed E-state index contributed by atoms with van der Waals surface area (Å²) in [6.45, 7) is 0.676. The molecule has 5 heteroatoms. The predicted octanol–water partition coefficient (Wildman–Crippen LogP) is 3.03. The average Bonchev–Trinajstić information content (AvgIpc) is 3.08. The van der Waals surface area contributed by atoms with Crippen LogP contribution in [-0.4, -0.2) is 15.8 Å². The van der Waals surface area contributed by atoms with Crippen LogP contribution in [0.1, 0.15) is 18.4 Å². The smallest absolute Gasteiger partial charge is 0.123 e. The molecular formula is C13H13BrFN3. The highest BCUT2D eigenvalue weighted by Gasteiger charge is 2.20. The fourth-order valence-corrected chi connectivity index (χ4v) is 2.18. The molecule has 0 radical (unpaired) electrons. The number of hydrogen-bond acceptors (Lipinski definition) is 2. The Bertz CT molecular complexity index is 563. The zero-order chi connectivity index (χ0) is 12.5. The van der Waals surface area contributed by atoms with Gasteiger partial charge in [0.1, 0.15) is 5.82 Å². The van der Waals surface area contributed by atoms with E-state index in [1.807, 2.05) is 6.20 Å². The van der Waals surface area contributed by atoms with Gasteiger partial charge in [-0.05, 0) is 52.5 Å². The van der Waals surface area contributed by atoms with Crippen molar-refractivity contribution in [3.63, 3.8) is 0 Å². The Balaban J connectivity index is 1.91. The summed E-state index contributed by atoms with van der Waals surface area (Å²) in [6.07, 6.45) is 6.03. The number of nitrogens with zero attached hydrogens (tertiary/aromatic N) is 2. The normalized spacial score (nSPS) is 15.0. The fourth-order valence-electron chi connectivity index (χ4n) is 1.89. The summed E-state index contributed by atoms with van der Waals surface area (Å²) in [5.41, 5.74) is 1.84. The lowest BCUT2D eigenvalue weighted by molar-refractivity contribution is 0.617. The summed E-state index contributed by atoms with van der Waals surface area (Å²) >= 11 is 3.37. The molecule has 1 aliphatic carbocycles. The fraction of sp³-hybridized carbons (Fsp3) is 0.308. The average molecular weight is 310 g/mol. The van der Waals surface area contributed by atoms with Crippen LogP contribution in [0.5, 0.6) is 0 Å². The van der Waals surface area contributed by atoms with E-state index in [0.29, 0.717) is 12.6 Å². The van der Waals surface area contributed by atoms with E-state index >= 15 is 0 Å². The maximum atomic E-state index is 13.3. The van der Waals surface area contributed by atoms with Gasteiger partial charge in [-0.1, -0.05) is 0 Å². The molecule has 1 heterocycles. The van der Waals surface area contributed by atoms with Crippen LogP contribution in [0.4, 0.5) is 4.39 Å². The molecule has 0 unspecified atom stereocenters. The van der Waals surface area contributed by atoms with Gasteiger partial charge < -0.3 is 5.32 Å². The van der Waals surface area contributed by atoms with Crippen molar-refractivity contribution in [3.8, 4) is 5.69 Å². The Labute approximate surface area is 113 Å². The van der Waals surface area contributed by atoms with E-state index in [4.69, 9.17) is 0 Å². The van der Waals surface area contributed by atoms with Gasteiger partial charge in [0.2, 0.25) is 0 Å². The Morgan fingerprint density at radius 2 is 2.28 bits per heavy atom. The van der Waals surface area contributed by atoms with Crippen LogP contribution in [0, 0.1) is 5.82 Å². The summed E-state index contributed by atoms with van der Waals surface area (Å²) in [6, 6.07) is 5.40. The minimum atomic E-state index is -0.211. The molecule has 0 saturated heterocycles. The standard InChI is InChI=1S/C13H13BrFN3/c14-10-7-17-18(8-10)13-4-1-11(15)5-9(13)6-16-12-2-3-12/h1,4-5,7-8,12,16H,2-3,6H2. The van der Waals surface area contributed by atoms with E-state index in [0.717, 1.165) is 15.7 Å². The zero-order valence-corrected chi connectivity index (χ0v) is 11.3. The summed E-state index contributed by atoms with van der Waals surface area (Å²) < 4.78 is 16.0. The van der Waals surface area contributed by atoms with Crippen molar-refractivity contribution in [2.75, 3.05) is 0 Å². The highest BCUT2D eigenvalue weighted by atomic mass is 79.9. The van der Waals surface area contributed by atoms with Gasteiger partial charge >= 0.3 is 0 Å². The summed E-state index contributed by atoms with van der Waals surface area (Å²) in [5, 5.41) is 7.64. The van der Waals surface area contributed by atoms with E-state index in [1.54, 1.807) is 23.0 Å². The molecule has 0 amide bonds. The molecule has 0 aliphatic heterocycles. The molecule has 94 valence electrons. The van der Waals surface area contributed by atoms with Crippen molar-refractivity contribution in [3.05, 3.63) is 46.4 Å². The molecule has 0 atom stereocenters. The summed E-state index contributed by atoms with van der Waals surface area (Å²) in [4.78, 5) is 0. The SMILES string of the molecule is Fc1ccc(-n2cc(Br)cn2)c(CNC2CC2)c1. The van der Waals surface area contributed by atoms with Gasteiger partial charge in [0, 0.05) is 18.8 Å². The zero-order valence-electron chi connectivity index (χ0n) is 9.74. The first-order valence-corrected chi connectivity index (χ1v) is 6.74. The molecule has 3 nitrogen and oxygen atoms in total. The number of halogens is 2. The molecule has 1 saturated carbocycles. The topological polar surface area (TPSA) is 29.9 Å². The van der Waals surface area contributed by atoms with Crippen LogP contribution in [0.3, 0.4) is 0 Å². The van der Waals surface area contributed by atoms with E-state index in [-0.39, 0.29) is 5.82 Å². The predicted molar refractivity (Wildman–Crippen MR) is 71.1 cm³/mol. The van der Waals surface area contributed by atoms with Crippen LogP contribution in [0.15, 0.2) is 35.1 Å². The highest BCUT2D eigenvalue weighted by Crippen LogP contribution is 2.22. The second kappa shape index (κ2) is 4.82. The quantitative estimate of drug-likeness (QED) is 0.941. The molecule has 2 aromatic rings.